The predicted octanol–water partition coefficient (Wildman–Crippen LogP) is 5.68. The Morgan fingerprint density at radius 3 is 2.49 bits per heavy atom. The lowest BCUT2D eigenvalue weighted by Gasteiger charge is -2.09. The Morgan fingerprint density at radius 1 is 1.03 bits per heavy atom. The standard InChI is InChI=1S/C26H19N5O3S/c1-30-24-5-3-2-4-20(24)14-22(25(30)32)18-8-10-19(11-9-18)23-16-35-26(28-23)29-27-15-17-6-12-21(13-7-17)31(33)34/h2-16H,1H3,(H,28,29). The summed E-state index contributed by atoms with van der Waals surface area (Å²) in [5, 5.41) is 18.4. The van der Waals surface area contributed by atoms with Crippen LogP contribution in [0, 0.1) is 10.1 Å². The zero-order valence-corrected chi connectivity index (χ0v) is 19.4. The highest BCUT2D eigenvalue weighted by Crippen LogP contribution is 2.28. The van der Waals surface area contributed by atoms with E-state index in [1.807, 2.05) is 60.0 Å². The van der Waals surface area contributed by atoms with E-state index >= 15 is 0 Å². The van der Waals surface area contributed by atoms with Gasteiger partial charge in [0.05, 0.1) is 22.3 Å². The van der Waals surface area contributed by atoms with Gasteiger partial charge in [-0.3, -0.25) is 20.3 Å². The summed E-state index contributed by atoms with van der Waals surface area (Å²) in [4.78, 5) is 27.7. The van der Waals surface area contributed by atoms with Crippen LogP contribution in [0.1, 0.15) is 5.56 Å². The molecule has 2 aromatic heterocycles. The monoisotopic (exact) mass is 481 g/mol. The summed E-state index contributed by atoms with van der Waals surface area (Å²) < 4.78 is 1.67. The molecule has 5 aromatic rings. The van der Waals surface area contributed by atoms with Gasteiger partial charge < -0.3 is 4.57 Å². The number of aromatic nitrogens is 2. The van der Waals surface area contributed by atoms with Gasteiger partial charge in [0.2, 0.25) is 5.13 Å². The van der Waals surface area contributed by atoms with Crippen molar-refractivity contribution < 1.29 is 4.92 Å². The van der Waals surface area contributed by atoms with Crippen LogP contribution in [0.2, 0.25) is 0 Å². The Labute approximate surface area is 204 Å². The molecule has 0 amide bonds. The Morgan fingerprint density at radius 2 is 1.74 bits per heavy atom. The second kappa shape index (κ2) is 9.32. The Hall–Kier alpha value is -4.63. The van der Waals surface area contributed by atoms with Crippen LogP contribution in [0.25, 0.3) is 33.3 Å². The van der Waals surface area contributed by atoms with Crippen LogP contribution in [0.5, 0.6) is 0 Å². The molecular formula is C26H19N5O3S. The van der Waals surface area contributed by atoms with Gasteiger partial charge in [0.15, 0.2) is 0 Å². The van der Waals surface area contributed by atoms with E-state index in [-0.39, 0.29) is 11.2 Å². The first-order valence-electron chi connectivity index (χ1n) is 10.7. The molecule has 0 aliphatic heterocycles. The fraction of sp³-hybridized carbons (Fsp3) is 0.0385. The smallest absolute Gasteiger partial charge is 0.269 e. The van der Waals surface area contributed by atoms with Gasteiger partial charge in [0.25, 0.3) is 11.2 Å². The number of nitrogens with zero attached hydrogens (tertiary/aromatic N) is 4. The summed E-state index contributed by atoms with van der Waals surface area (Å²) in [6.07, 6.45) is 1.57. The minimum absolute atomic E-state index is 0.0340. The van der Waals surface area contributed by atoms with Crippen LogP contribution in [0.15, 0.2) is 94.1 Å². The zero-order chi connectivity index (χ0) is 24.4. The fourth-order valence-corrected chi connectivity index (χ4v) is 4.42. The van der Waals surface area contributed by atoms with Crippen LogP contribution >= 0.6 is 11.3 Å². The third kappa shape index (κ3) is 4.57. The molecule has 0 bridgehead atoms. The van der Waals surface area contributed by atoms with Crippen molar-refractivity contribution >= 4 is 39.3 Å². The number of pyridine rings is 1. The largest absolute Gasteiger partial charge is 0.311 e. The van der Waals surface area contributed by atoms with Crippen molar-refractivity contribution in [2.45, 2.75) is 0 Å². The number of hydrogen-bond acceptors (Lipinski definition) is 7. The lowest BCUT2D eigenvalue weighted by atomic mass is 10.0. The normalized spacial score (nSPS) is 11.2. The molecule has 0 spiro atoms. The number of para-hydroxylation sites is 1. The maximum Gasteiger partial charge on any atom is 0.269 e. The highest BCUT2D eigenvalue weighted by atomic mass is 32.1. The fourth-order valence-electron chi connectivity index (χ4n) is 3.75. The van der Waals surface area contributed by atoms with E-state index in [2.05, 4.69) is 15.5 Å². The topological polar surface area (TPSA) is 102 Å². The maximum absolute atomic E-state index is 12.9. The van der Waals surface area contributed by atoms with E-state index in [0.717, 1.165) is 33.3 Å². The first kappa shape index (κ1) is 22.2. The van der Waals surface area contributed by atoms with Gasteiger partial charge in [-0.1, -0.05) is 42.5 Å². The van der Waals surface area contributed by atoms with Crippen molar-refractivity contribution in [3.63, 3.8) is 0 Å². The van der Waals surface area contributed by atoms with Crippen molar-refractivity contribution in [3.05, 3.63) is 110 Å². The molecule has 3 aromatic carbocycles. The van der Waals surface area contributed by atoms with Gasteiger partial charge in [-0.25, -0.2) is 4.98 Å². The number of hydrazone groups is 1. The van der Waals surface area contributed by atoms with Crippen LogP contribution < -0.4 is 11.0 Å². The number of rotatable bonds is 6. The van der Waals surface area contributed by atoms with Crippen molar-refractivity contribution in [1.82, 2.24) is 9.55 Å². The minimum Gasteiger partial charge on any atom is -0.311 e. The number of fused-ring (bicyclic) bond motifs is 1. The van der Waals surface area contributed by atoms with Crippen molar-refractivity contribution in [3.8, 4) is 22.4 Å². The van der Waals surface area contributed by atoms with Crippen molar-refractivity contribution in [1.29, 1.82) is 0 Å². The van der Waals surface area contributed by atoms with Crippen LogP contribution in [-0.2, 0) is 7.05 Å². The first-order valence-corrected chi connectivity index (χ1v) is 11.6. The second-order valence-corrected chi connectivity index (χ2v) is 8.67. The number of nitro benzene ring substituents is 1. The van der Waals surface area contributed by atoms with Gasteiger partial charge in [-0.15, -0.1) is 11.3 Å². The van der Waals surface area contributed by atoms with E-state index in [0.29, 0.717) is 10.7 Å². The zero-order valence-electron chi connectivity index (χ0n) is 18.6. The van der Waals surface area contributed by atoms with E-state index in [4.69, 9.17) is 0 Å². The molecule has 0 saturated heterocycles. The van der Waals surface area contributed by atoms with Gasteiger partial charge in [-0.05, 0) is 40.8 Å². The summed E-state index contributed by atoms with van der Waals surface area (Å²) in [5.74, 6) is 0. The quantitative estimate of drug-likeness (QED) is 0.191. The summed E-state index contributed by atoms with van der Waals surface area (Å²) in [7, 11) is 1.79. The average Bonchev–Trinajstić information content (AvgIpc) is 3.35. The summed E-state index contributed by atoms with van der Waals surface area (Å²) in [6, 6.07) is 23.6. The van der Waals surface area contributed by atoms with Gasteiger partial charge >= 0.3 is 0 Å². The van der Waals surface area contributed by atoms with Gasteiger partial charge in [0, 0.05) is 35.7 Å². The number of thiazole rings is 1. The molecule has 8 nitrogen and oxygen atoms in total. The lowest BCUT2D eigenvalue weighted by molar-refractivity contribution is -0.384. The van der Waals surface area contributed by atoms with Gasteiger partial charge in [-0.2, -0.15) is 5.10 Å². The molecule has 35 heavy (non-hydrogen) atoms. The average molecular weight is 482 g/mol. The second-order valence-electron chi connectivity index (χ2n) is 7.81. The SMILES string of the molecule is Cn1c(=O)c(-c2ccc(-c3csc(NN=Cc4ccc([N+](=O)[O-])cc4)n3)cc2)cc2ccccc21. The van der Waals surface area contributed by atoms with E-state index in [9.17, 15) is 14.9 Å². The van der Waals surface area contributed by atoms with Crippen LogP contribution in [0.3, 0.4) is 0 Å². The molecule has 0 saturated carbocycles. The molecule has 0 aliphatic rings. The molecule has 9 heteroatoms. The number of nitrogens with one attached hydrogen (secondary N) is 1. The van der Waals surface area contributed by atoms with Crippen LogP contribution in [-0.4, -0.2) is 20.7 Å². The molecule has 1 N–H and O–H groups in total. The third-order valence-electron chi connectivity index (χ3n) is 5.61. The molecule has 0 radical (unpaired) electrons. The lowest BCUT2D eigenvalue weighted by Crippen LogP contribution is -2.18. The Balaban J connectivity index is 1.31. The molecular weight excluding hydrogens is 462 g/mol. The highest BCUT2D eigenvalue weighted by Gasteiger charge is 2.10. The predicted molar refractivity (Wildman–Crippen MR) is 140 cm³/mol. The van der Waals surface area contributed by atoms with Crippen LogP contribution in [0.4, 0.5) is 10.8 Å². The molecule has 0 aliphatic carbocycles. The molecule has 5 rings (SSSR count). The number of hydrogen-bond donors (Lipinski definition) is 1. The van der Waals surface area contributed by atoms with Gasteiger partial charge in [0.1, 0.15) is 0 Å². The van der Waals surface area contributed by atoms with E-state index in [1.165, 1.54) is 23.5 Å². The number of aryl methyl sites for hydroxylation is 1. The Kier molecular flexibility index (Phi) is 5.90. The third-order valence-corrected chi connectivity index (χ3v) is 6.35. The summed E-state index contributed by atoms with van der Waals surface area (Å²) in [5.41, 5.74) is 7.73. The first-order chi connectivity index (χ1) is 17.0. The number of non-ortho nitro benzene ring substituents is 1. The number of benzene rings is 3. The van der Waals surface area contributed by atoms with Crippen molar-refractivity contribution in [2.75, 3.05) is 5.43 Å². The Bertz CT molecular complexity index is 1620. The summed E-state index contributed by atoms with van der Waals surface area (Å²) in [6.45, 7) is 0. The number of anilines is 1. The molecule has 2 heterocycles. The van der Waals surface area contributed by atoms with E-state index in [1.54, 1.807) is 30.0 Å². The molecule has 0 atom stereocenters. The summed E-state index contributed by atoms with van der Waals surface area (Å²) >= 11 is 1.41. The molecule has 172 valence electrons. The van der Waals surface area contributed by atoms with Crippen molar-refractivity contribution in [2.24, 2.45) is 12.1 Å². The van der Waals surface area contributed by atoms with E-state index < -0.39 is 4.92 Å². The minimum atomic E-state index is -0.440. The maximum atomic E-state index is 12.9. The molecule has 0 unspecified atom stereocenters. The highest BCUT2D eigenvalue weighted by molar-refractivity contribution is 7.14. The number of nitro groups is 1. The molecule has 0 fully saturated rings.